The van der Waals surface area contributed by atoms with Crippen molar-refractivity contribution in [3.8, 4) is 5.75 Å². The SMILES string of the molecule is CCN(C)C[C@]1(O)CCCN(Cc2cc(OC)ccc2F)C1=O. The van der Waals surface area contributed by atoms with Crippen LogP contribution >= 0.6 is 0 Å². The highest BCUT2D eigenvalue weighted by Gasteiger charge is 2.42. The monoisotopic (exact) mass is 324 g/mol. The van der Waals surface area contributed by atoms with E-state index in [9.17, 15) is 14.3 Å². The first-order chi connectivity index (χ1) is 10.9. The molecule has 0 spiro atoms. The minimum absolute atomic E-state index is 0.139. The van der Waals surface area contributed by atoms with E-state index in [-0.39, 0.29) is 18.3 Å². The lowest BCUT2D eigenvalue weighted by atomic mass is 9.91. The largest absolute Gasteiger partial charge is 0.497 e. The zero-order chi connectivity index (χ0) is 17.0. The van der Waals surface area contributed by atoms with Crippen molar-refractivity contribution in [3.05, 3.63) is 29.6 Å². The van der Waals surface area contributed by atoms with Gasteiger partial charge < -0.3 is 19.6 Å². The first-order valence-electron chi connectivity index (χ1n) is 7.92. The van der Waals surface area contributed by atoms with Crippen molar-refractivity contribution in [1.82, 2.24) is 9.80 Å². The van der Waals surface area contributed by atoms with Crippen LogP contribution in [0.1, 0.15) is 25.3 Å². The number of ether oxygens (including phenoxy) is 1. The molecule has 0 unspecified atom stereocenters. The molecule has 1 aliphatic heterocycles. The number of methoxy groups -OCH3 is 1. The smallest absolute Gasteiger partial charge is 0.256 e. The number of carbonyl (C=O) groups is 1. The number of benzene rings is 1. The molecule has 0 saturated carbocycles. The molecule has 1 atom stereocenters. The Labute approximate surface area is 136 Å². The van der Waals surface area contributed by atoms with E-state index in [2.05, 4.69) is 0 Å². The average Bonchev–Trinajstić information content (AvgIpc) is 2.53. The highest BCUT2D eigenvalue weighted by molar-refractivity contribution is 5.86. The number of nitrogens with zero attached hydrogens (tertiary/aromatic N) is 2. The van der Waals surface area contributed by atoms with Crippen LogP contribution < -0.4 is 4.74 Å². The van der Waals surface area contributed by atoms with Crippen LogP contribution in [0.4, 0.5) is 4.39 Å². The summed E-state index contributed by atoms with van der Waals surface area (Å²) in [5.41, 5.74) is -0.996. The van der Waals surface area contributed by atoms with Crippen LogP contribution in [0.15, 0.2) is 18.2 Å². The highest BCUT2D eigenvalue weighted by atomic mass is 19.1. The second kappa shape index (κ2) is 7.27. The lowest BCUT2D eigenvalue weighted by Gasteiger charge is -2.40. The number of hydrogen-bond donors (Lipinski definition) is 1. The summed E-state index contributed by atoms with van der Waals surface area (Å²) in [6, 6.07) is 4.47. The fraction of sp³-hybridized carbons (Fsp3) is 0.588. The summed E-state index contributed by atoms with van der Waals surface area (Å²) in [4.78, 5) is 16.1. The topological polar surface area (TPSA) is 53.0 Å². The van der Waals surface area contributed by atoms with Gasteiger partial charge in [0.05, 0.1) is 7.11 Å². The molecule has 1 aromatic rings. The molecule has 0 aromatic heterocycles. The molecule has 1 N–H and O–H groups in total. The molecule has 128 valence electrons. The van der Waals surface area contributed by atoms with E-state index in [1.807, 2.05) is 18.9 Å². The van der Waals surface area contributed by atoms with Crippen LogP contribution in [0.3, 0.4) is 0 Å². The van der Waals surface area contributed by atoms with Crippen molar-refractivity contribution in [2.75, 3.05) is 33.8 Å². The van der Waals surface area contributed by atoms with Gasteiger partial charge in [0.2, 0.25) is 0 Å². The standard InChI is InChI=1S/C17H25FN2O3/c1-4-19(2)12-17(22)8-5-9-20(16(17)21)11-13-10-14(23-3)6-7-15(13)18/h6-7,10,22H,4-5,8-9,11-12H2,1-3H3/t17-/m1/s1. The molecule has 23 heavy (non-hydrogen) atoms. The van der Waals surface area contributed by atoms with Crippen molar-refractivity contribution in [3.63, 3.8) is 0 Å². The highest BCUT2D eigenvalue weighted by Crippen LogP contribution is 2.26. The fourth-order valence-corrected chi connectivity index (χ4v) is 2.93. The van der Waals surface area contributed by atoms with Gasteiger partial charge in [0, 0.05) is 25.2 Å². The van der Waals surface area contributed by atoms with Crippen LogP contribution in [0.25, 0.3) is 0 Å². The van der Waals surface area contributed by atoms with E-state index in [4.69, 9.17) is 4.74 Å². The minimum atomic E-state index is -1.39. The quantitative estimate of drug-likeness (QED) is 0.864. The normalized spacial score (nSPS) is 21.8. The summed E-state index contributed by atoms with van der Waals surface area (Å²) < 4.78 is 19.1. The predicted octanol–water partition coefficient (Wildman–Crippen LogP) is 1.64. The molecule has 1 aliphatic rings. The van der Waals surface area contributed by atoms with E-state index >= 15 is 0 Å². The second-order valence-electron chi connectivity index (χ2n) is 6.15. The molecule has 1 heterocycles. The van der Waals surface area contributed by atoms with Crippen molar-refractivity contribution in [1.29, 1.82) is 0 Å². The van der Waals surface area contributed by atoms with Crippen molar-refractivity contribution in [2.24, 2.45) is 0 Å². The van der Waals surface area contributed by atoms with Gasteiger partial charge in [-0.1, -0.05) is 6.92 Å². The molecule has 6 heteroatoms. The molecular formula is C17H25FN2O3. The Morgan fingerprint density at radius 1 is 1.48 bits per heavy atom. The number of carbonyl (C=O) groups excluding carboxylic acids is 1. The number of likely N-dealkylation sites (N-methyl/N-ethyl adjacent to an activating group) is 1. The van der Waals surface area contributed by atoms with Crippen molar-refractivity contribution < 1.29 is 19.0 Å². The summed E-state index contributed by atoms with van der Waals surface area (Å²) in [5.74, 6) is -0.156. The third-order valence-corrected chi connectivity index (χ3v) is 4.39. The Morgan fingerprint density at radius 2 is 2.22 bits per heavy atom. The van der Waals surface area contributed by atoms with Crippen LogP contribution in [0.5, 0.6) is 5.75 Å². The second-order valence-corrected chi connectivity index (χ2v) is 6.15. The number of piperidine rings is 1. The summed E-state index contributed by atoms with van der Waals surface area (Å²) in [6.07, 6.45) is 1.14. The summed E-state index contributed by atoms with van der Waals surface area (Å²) in [7, 11) is 3.38. The van der Waals surface area contributed by atoms with Crippen LogP contribution in [0.2, 0.25) is 0 Å². The van der Waals surface area contributed by atoms with Gasteiger partial charge in [-0.25, -0.2) is 4.39 Å². The van der Waals surface area contributed by atoms with Gasteiger partial charge in [0.1, 0.15) is 11.6 Å². The van der Waals surface area contributed by atoms with E-state index in [1.54, 1.807) is 12.1 Å². The molecular weight excluding hydrogens is 299 g/mol. The van der Waals surface area contributed by atoms with Gasteiger partial charge in [-0.05, 0) is 44.6 Å². The molecule has 0 radical (unpaired) electrons. The van der Waals surface area contributed by atoms with Gasteiger partial charge in [-0.3, -0.25) is 4.79 Å². The molecule has 1 saturated heterocycles. The summed E-state index contributed by atoms with van der Waals surface area (Å²) >= 11 is 0. The Bertz CT molecular complexity index is 567. The zero-order valence-electron chi connectivity index (χ0n) is 14.0. The number of hydrogen-bond acceptors (Lipinski definition) is 4. The molecule has 1 fully saturated rings. The molecule has 1 aromatic carbocycles. The zero-order valence-corrected chi connectivity index (χ0v) is 14.0. The third kappa shape index (κ3) is 4.00. The lowest BCUT2D eigenvalue weighted by molar-refractivity contribution is -0.159. The number of likely N-dealkylation sites (tertiary alicyclic amines) is 1. The molecule has 0 bridgehead atoms. The Kier molecular flexibility index (Phi) is 5.59. The number of rotatable bonds is 6. The van der Waals surface area contributed by atoms with Crippen molar-refractivity contribution in [2.45, 2.75) is 31.9 Å². The third-order valence-electron chi connectivity index (χ3n) is 4.39. The van der Waals surface area contributed by atoms with Gasteiger partial charge in [-0.2, -0.15) is 0 Å². The first-order valence-corrected chi connectivity index (χ1v) is 7.92. The Balaban J connectivity index is 2.15. The summed E-state index contributed by atoms with van der Waals surface area (Å²) in [6.45, 7) is 3.67. The maximum atomic E-state index is 14.0. The summed E-state index contributed by atoms with van der Waals surface area (Å²) in [5, 5.41) is 10.7. The fourth-order valence-electron chi connectivity index (χ4n) is 2.93. The number of amides is 1. The van der Waals surface area contributed by atoms with E-state index in [0.29, 0.717) is 37.2 Å². The van der Waals surface area contributed by atoms with E-state index in [1.165, 1.54) is 18.1 Å². The molecule has 0 aliphatic carbocycles. The molecule has 2 rings (SSSR count). The first kappa shape index (κ1) is 17.7. The van der Waals surface area contributed by atoms with Crippen LogP contribution in [0, 0.1) is 5.82 Å². The van der Waals surface area contributed by atoms with E-state index in [0.717, 1.165) is 6.54 Å². The predicted molar refractivity (Wildman–Crippen MR) is 85.7 cm³/mol. The van der Waals surface area contributed by atoms with Crippen LogP contribution in [-0.2, 0) is 11.3 Å². The minimum Gasteiger partial charge on any atom is -0.497 e. The lowest BCUT2D eigenvalue weighted by Crippen LogP contribution is -2.57. The Morgan fingerprint density at radius 3 is 2.87 bits per heavy atom. The number of aliphatic hydroxyl groups is 1. The van der Waals surface area contributed by atoms with Gasteiger partial charge in [0.25, 0.3) is 5.91 Å². The molecule has 1 amide bonds. The van der Waals surface area contributed by atoms with Gasteiger partial charge in [0.15, 0.2) is 5.60 Å². The van der Waals surface area contributed by atoms with Crippen molar-refractivity contribution >= 4 is 5.91 Å². The molecule has 5 nitrogen and oxygen atoms in total. The van der Waals surface area contributed by atoms with Crippen LogP contribution in [-0.4, -0.2) is 60.2 Å². The average molecular weight is 324 g/mol. The van der Waals surface area contributed by atoms with Gasteiger partial charge in [-0.15, -0.1) is 0 Å². The van der Waals surface area contributed by atoms with Gasteiger partial charge >= 0.3 is 0 Å². The number of halogens is 1. The Hall–Kier alpha value is -1.66. The maximum Gasteiger partial charge on any atom is 0.256 e. The van der Waals surface area contributed by atoms with E-state index < -0.39 is 5.60 Å². The maximum absolute atomic E-state index is 14.0.